The molecule has 102 valence electrons. The van der Waals surface area contributed by atoms with Gasteiger partial charge in [0.15, 0.2) is 0 Å². The van der Waals surface area contributed by atoms with Gasteiger partial charge >= 0.3 is 0 Å². The number of fused-ring (bicyclic) bond motifs is 1. The van der Waals surface area contributed by atoms with Gasteiger partial charge in [-0.15, -0.1) is 11.3 Å². The van der Waals surface area contributed by atoms with E-state index >= 15 is 0 Å². The number of aromatic nitrogens is 1. The summed E-state index contributed by atoms with van der Waals surface area (Å²) in [6.45, 7) is 0. The molecule has 1 atom stereocenters. The van der Waals surface area contributed by atoms with Crippen LogP contribution in [-0.2, 0) is 6.42 Å². The van der Waals surface area contributed by atoms with Gasteiger partial charge in [0.2, 0.25) is 0 Å². The third kappa shape index (κ3) is 2.57. The van der Waals surface area contributed by atoms with Crippen molar-refractivity contribution in [3.8, 4) is 0 Å². The molecule has 1 unspecified atom stereocenters. The van der Waals surface area contributed by atoms with Gasteiger partial charge in [-0.2, -0.15) is 0 Å². The fraction of sp³-hybridized carbons (Fsp3) is 0.188. The van der Waals surface area contributed by atoms with E-state index in [-0.39, 0.29) is 11.9 Å². The molecule has 3 rings (SSSR count). The molecule has 0 fully saturated rings. The summed E-state index contributed by atoms with van der Waals surface area (Å²) >= 11 is 1.67. The van der Waals surface area contributed by atoms with Crippen molar-refractivity contribution in [2.45, 2.75) is 12.5 Å². The first-order valence-electron chi connectivity index (χ1n) is 6.52. The van der Waals surface area contributed by atoms with Gasteiger partial charge in [-0.3, -0.25) is 4.98 Å². The lowest BCUT2D eigenvalue weighted by atomic mass is 10.00. The molecule has 2 aromatic heterocycles. The minimum Gasteiger partial charge on any atom is -0.313 e. The van der Waals surface area contributed by atoms with E-state index < -0.39 is 0 Å². The first kappa shape index (κ1) is 13.2. The summed E-state index contributed by atoms with van der Waals surface area (Å²) in [5.74, 6) is -0.155. The van der Waals surface area contributed by atoms with Crippen molar-refractivity contribution in [3.63, 3.8) is 0 Å². The summed E-state index contributed by atoms with van der Waals surface area (Å²) in [5, 5.41) is 5.28. The highest BCUT2D eigenvalue weighted by Gasteiger charge is 2.13. The second kappa shape index (κ2) is 5.69. The average Bonchev–Trinajstić information content (AvgIpc) is 2.94. The van der Waals surface area contributed by atoms with Gasteiger partial charge in [0, 0.05) is 12.2 Å². The van der Waals surface area contributed by atoms with Crippen molar-refractivity contribution in [2.24, 2.45) is 0 Å². The van der Waals surface area contributed by atoms with Crippen LogP contribution in [0.3, 0.4) is 0 Å². The summed E-state index contributed by atoms with van der Waals surface area (Å²) in [6.07, 6.45) is 2.48. The van der Waals surface area contributed by atoms with Gasteiger partial charge < -0.3 is 5.32 Å². The van der Waals surface area contributed by atoms with Gasteiger partial charge in [0.25, 0.3) is 0 Å². The molecule has 4 heteroatoms. The number of likely N-dealkylation sites (N-methyl/N-ethyl adjacent to an activating group) is 1. The number of halogens is 1. The van der Waals surface area contributed by atoms with E-state index in [1.165, 1.54) is 6.07 Å². The first-order valence-corrected chi connectivity index (χ1v) is 7.39. The normalized spacial score (nSPS) is 12.7. The Hall–Kier alpha value is -1.78. The minimum absolute atomic E-state index is 0.0610. The molecule has 3 aromatic rings. The molecular formula is C16H15FN2S. The number of pyridine rings is 1. The standard InChI is InChI=1S/C16H15FN2S/c1-18-15(8-11-4-2-3-5-13(11)17)12-9-16-14(19-10-12)6-7-20-16/h2-7,9-10,15,18H,8H2,1H3. The molecule has 0 spiro atoms. The molecule has 0 amide bonds. The summed E-state index contributed by atoms with van der Waals surface area (Å²) in [6, 6.07) is 11.1. The van der Waals surface area contributed by atoms with Crippen LogP contribution in [0.2, 0.25) is 0 Å². The van der Waals surface area contributed by atoms with Crippen LogP contribution < -0.4 is 5.32 Å². The maximum absolute atomic E-state index is 13.8. The van der Waals surface area contributed by atoms with Crippen LogP contribution in [-0.4, -0.2) is 12.0 Å². The zero-order chi connectivity index (χ0) is 13.9. The van der Waals surface area contributed by atoms with Crippen LogP contribution in [0.4, 0.5) is 4.39 Å². The first-order chi connectivity index (χ1) is 9.78. The van der Waals surface area contributed by atoms with Gasteiger partial charge in [-0.05, 0) is 48.2 Å². The Morgan fingerprint density at radius 2 is 2.15 bits per heavy atom. The number of rotatable bonds is 4. The van der Waals surface area contributed by atoms with E-state index in [0.29, 0.717) is 6.42 Å². The average molecular weight is 286 g/mol. The van der Waals surface area contributed by atoms with Gasteiger partial charge in [-0.25, -0.2) is 4.39 Å². The van der Waals surface area contributed by atoms with E-state index in [0.717, 1.165) is 21.3 Å². The predicted octanol–water partition coefficient (Wildman–Crippen LogP) is 3.94. The predicted molar refractivity (Wildman–Crippen MR) is 81.5 cm³/mol. The lowest BCUT2D eigenvalue weighted by molar-refractivity contribution is 0.554. The third-order valence-corrected chi connectivity index (χ3v) is 4.31. The van der Waals surface area contributed by atoms with Crippen molar-refractivity contribution in [1.29, 1.82) is 0 Å². The van der Waals surface area contributed by atoms with E-state index in [1.807, 2.05) is 36.8 Å². The molecule has 0 saturated carbocycles. The molecule has 0 radical (unpaired) electrons. The monoisotopic (exact) mass is 286 g/mol. The number of benzene rings is 1. The van der Waals surface area contributed by atoms with Gasteiger partial charge in [0.05, 0.1) is 10.2 Å². The van der Waals surface area contributed by atoms with E-state index in [9.17, 15) is 4.39 Å². The lowest BCUT2D eigenvalue weighted by Crippen LogP contribution is -2.19. The molecule has 2 heterocycles. The van der Waals surface area contributed by atoms with E-state index in [1.54, 1.807) is 17.4 Å². The van der Waals surface area contributed by atoms with Crippen LogP contribution in [0, 0.1) is 5.82 Å². The summed E-state index contributed by atoms with van der Waals surface area (Å²) < 4.78 is 14.9. The number of hydrogen-bond acceptors (Lipinski definition) is 3. The number of hydrogen-bond donors (Lipinski definition) is 1. The van der Waals surface area contributed by atoms with Crippen molar-refractivity contribution in [2.75, 3.05) is 7.05 Å². The molecule has 0 saturated heterocycles. The molecule has 2 nitrogen and oxygen atoms in total. The van der Waals surface area contributed by atoms with Crippen molar-refractivity contribution < 1.29 is 4.39 Å². The van der Waals surface area contributed by atoms with Crippen LogP contribution >= 0.6 is 11.3 Å². The molecule has 1 N–H and O–H groups in total. The minimum atomic E-state index is -0.155. The van der Waals surface area contributed by atoms with Crippen LogP contribution in [0.1, 0.15) is 17.2 Å². The highest BCUT2D eigenvalue weighted by atomic mass is 32.1. The van der Waals surface area contributed by atoms with Crippen molar-refractivity contribution in [3.05, 3.63) is 64.9 Å². The van der Waals surface area contributed by atoms with E-state index in [4.69, 9.17) is 0 Å². The smallest absolute Gasteiger partial charge is 0.126 e. The fourth-order valence-corrected chi connectivity index (χ4v) is 3.11. The second-order valence-corrected chi connectivity index (χ2v) is 5.66. The largest absolute Gasteiger partial charge is 0.313 e. The van der Waals surface area contributed by atoms with Gasteiger partial charge in [0.1, 0.15) is 5.82 Å². The molecule has 1 aromatic carbocycles. The molecule has 0 bridgehead atoms. The van der Waals surface area contributed by atoms with Gasteiger partial charge in [-0.1, -0.05) is 18.2 Å². The van der Waals surface area contributed by atoms with Crippen molar-refractivity contribution >= 4 is 21.6 Å². The zero-order valence-corrected chi connectivity index (χ0v) is 12.0. The number of thiophene rings is 1. The second-order valence-electron chi connectivity index (χ2n) is 4.71. The number of nitrogens with zero attached hydrogens (tertiary/aromatic N) is 1. The number of nitrogens with one attached hydrogen (secondary N) is 1. The molecule has 0 aliphatic carbocycles. The summed E-state index contributed by atoms with van der Waals surface area (Å²) in [4.78, 5) is 4.45. The molecule has 0 aliphatic rings. The maximum Gasteiger partial charge on any atom is 0.126 e. The quantitative estimate of drug-likeness (QED) is 0.786. The van der Waals surface area contributed by atoms with Crippen LogP contribution in [0.5, 0.6) is 0 Å². The molecular weight excluding hydrogens is 271 g/mol. The van der Waals surface area contributed by atoms with Crippen LogP contribution in [0.15, 0.2) is 48.0 Å². The van der Waals surface area contributed by atoms with Crippen LogP contribution in [0.25, 0.3) is 10.2 Å². The summed E-state index contributed by atoms with van der Waals surface area (Å²) in [7, 11) is 1.89. The fourth-order valence-electron chi connectivity index (χ4n) is 2.32. The Bertz CT molecular complexity index is 723. The zero-order valence-electron chi connectivity index (χ0n) is 11.1. The SMILES string of the molecule is CNC(Cc1ccccc1F)c1cnc2ccsc2c1. The third-order valence-electron chi connectivity index (χ3n) is 3.46. The maximum atomic E-state index is 13.8. The Kier molecular flexibility index (Phi) is 3.76. The Morgan fingerprint density at radius 3 is 2.95 bits per heavy atom. The lowest BCUT2D eigenvalue weighted by Gasteiger charge is -2.17. The Labute approximate surface area is 121 Å². The Morgan fingerprint density at radius 1 is 1.30 bits per heavy atom. The highest BCUT2D eigenvalue weighted by Crippen LogP contribution is 2.25. The highest BCUT2D eigenvalue weighted by molar-refractivity contribution is 7.17. The van der Waals surface area contributed by atoms with E-state index in [2.05, 4.69) is 16.4 Å². The molecule has 20 heavy (non-hydrogen) atoms. The topological polar surface area (TPSA) is 24.9 Å². The summed E-state index contributed by atoms with van der Waals surface area (Å²) in [5.41, 5.74) is 2.82. The molecule has 0 aliphatic heterocycles. The Balaban J connectivity index is 1.91. The van der Waals surface area contributed by atoms with Crippen molar-refractivity contribution in [1.82, 2.24) is 10.3 Å².